The molecule has 2 aliphatic rings. The lowest BCUT2D eigenvalue weighted by atomic mass is 10.0. The number of aromatic nitrogens is 2. The number of amides is 3. The van der Waals surface area contributed by atoms with E-state index in [0.29, 0.717) is 25.3 Å². The number of imidazole rings is 1. The predicted octanol–water partition coefficient (Wildman–Crippen LogP) is 3.21. The number of rotatable bonds is 6. The zero-order valence-corrected chi connectivity index (χ0v) is 16.9. The van der Waals surface area contributed by atoms with Crippen molar-refractivity contribution in [1.82, 2.24) is 19.5 Å². The number of hydrogen-bond donors (Lipinski definition) is 1. The van der Waals surface area contributed by atoms with E-state index in [1.165, 1.54) is 5.06 Å². The molecule has 31 heavy (non-hydrogen) atoms. The summed E-state index contributed by atoms with van der Waals surface area (Å²) in [5, 5.41) is 4.39. The largest absolute Gasteiger partial charge is 0.345 e. The zero-order valence-electron chi connectivity index (χ0n) is 16.9. The lowest BCUT2D eigenvalue weighted by molar-refractivity contribution is -0.140. The van der Waals surface area contributed by atoms with Crippen LogP contribution in [0.3, 0.4) is 0 Å². The van der Waals surface area contributed by atoms with Crippen molar-refractivity contribution in [2.24, 2.45) is 0 Å². The quantitative estimate of drug-likeness (QED) is 0.668. The summed E-state index contributed by atoms with van der Waals surface area (Å²) >= 11 is 0. The molecule has 1 aromatic heterocycles. The number of benzene rings is 2. The Bertz CT molecular complexity index is 1050. The van der Waals surface area contributed by atoms with Gasteiger partial charge in [-0.1, -0.05) is 30.3 Å². The molecule has 2 fully saturated rings. The lowest BCUT2D eigenvalue weighted by Crippen LogP contribution is -2.47. The van der Waals surface area contributed by atoms with Gasteiger partial charge in [0.05, 0.1) is 12.4 Å². The molecule has 3 amide bonds. The Kier molecular flexibility index (Phi) is 5.13. The van der Waals surface area contributed by atoms with Gasteiger partial charge in [-0.3, -0.25) is 9.63 Å². The van der Waals surface area contributed by atoms with Crippen LogP contribution >= 0.6 is 0 Å². The smallest absolute Gasteiger partial charge is 0.324 e. The maximum Gasteiger partial charge on any atom is 0.345 e. The van der Waals surface area contributed by atoms with Gasteiger partial charge in [0.25, 0.3) is 0 Å². The summed E-state index contributed by atoms with van der Waals surface area (Å²) < 4.78 is 1.89. The van der Waals surface area contributed by atoms with Gasteiger partial charge in [0.1, 0.15) is 12.6 Å². The molecule has 2 bridgehead atoms. The number of fused-ring (bicyclic) bond motifs is 2. The molecule has 0 unspecified atom stereocenters. The Hall–Kier alpha value is -3.65. The number of nitrogens with zero attached hydrogens (tertiary/aromatic N) is 4. The van der Waals surface area contributed by atoms with E-state index in [4.69, 9.17) is 4.84 Å². The van der Waals surface area contributed by atoms with Gasteiger partial charge in [0.2, 0.25) is 5.91 Å². The van der Waals surface area contributed by atoms with Gasteiger partial charge in [-0.25, -0.2) is 9.78 Å². The van der Waals surface area contributed by atoms with Crippen LogP contribution in [0.2, 0.25) is 0 Å². The highest BCUT2D eigenvalue weighted by Crippen LogP contribution is 2.31. The van der Waals surface area contributed by atoms with E-state index in [1.807, 2.05) is 65.4 Å². The van der Waals surface area contributed by atoms with Crippen molar-refractivity contribution < 1.29 is 14.4 Å². The molecule has 3 aromatic rings. The summed E-state index contributed by atoms with van der Waals surface area (Å²) in [7, 11) is 0. The third-order valence-electron chi connectivity index (χ3n) is 5.78. The number of piperidine rings is 1. The number of hydrogen-bond acceptors (Lipinski definition) is 4. The number of carbonyl (C=O) groups excluding carboxylic acids is 2. The van der Waals surface area contributed by atoms with Crippen LogP contribution in [0, 0.1) is 0 Å². The molecular formula is C23H23N5O3. The van der Waals surface area contributed by atoms with Crippen LogP contribution in [-0.2, 0) is 16.2 Å². The molecular weight excluding hydrogens is 394 g/mol. The first-order valence-corrected chi connectivity index (χ1v) is 10.3. The van der Waals surface area contributed by atoms with Crippen LogP contribution < -0.4 is 5.32 Å². The highest BCUT2D eigenvalue weighted by atomic mass is 16.7. The normalized spacial score (nSPS) is 20.2. The Morgan fingerprint density at radius 1 is 1.10 bits per heavy atom. The van der Waals surface area contributed by atoms with Crippen molar-refractivity contribution in [3.63, 3.8) is 0 Å². The molecule has 2 aromatic carbocycles. The third-order valence-corrected chi connectivity index (χ3v) is 5.78. The zero-order chi connectivity index (χ0) is 21.2. The van der Waals surface area contributed by atoms with Crippen LogP contribution in [0.4, 0.5) is 10.5 Å². The van der Waals surface area contributed by atoms with Crippen molar-refractivity contribution in [2.75, 3.05) is 11.9 Å². The van der Waals surface area contributed by atoms with Gasteiger partial charge in [-0.05, 0) is 42.7 Å². The monoisotopic (exact) mass is 417 g/mol. The highest BCUT2D eigenvalue weighted by molar-refractivity contribution is 5.97. The maximum absolute atomic E-state index is 12.9. The van der Waals surface area contributed by atoms with Crippen molar-refractivity contribution in [3.8, 4) is 5.69 Å². The van der Waals surface area contributed by atoms with Crippen LogP contribution in [0.5, 0.6) is 0 Å². The van der Waals surface area contributed by atoms with E-state index >= 15 is 0 Å². The van der Waals surface area contributed by atoms with E-state index in [0.717, 1.165) is 17.7 Å². The molecule has 1 N–H and O–H groups in total. The molecule has 5 rings (SSSR count). The third kappa shape index (κ3) is 3.89. The number of urea groups is 1. The standard InChI is InChI=1S/C23H23N5O3/c29-22(25-18-6-8-19(9-7-18)26-13-12-24-16-26)21-11-10-20-14-27(21)23(30)28(20)31-15-17-4-2-1-3-5-17/h1-9,12-13,16,20-21H,10-11,14-15H2,(H,25,29)/t20-,21-/m0/s1. The van der Waals surface area contributed by atoms with Crippen molar-refractivity contribution in [1.29, 1.82) is 0 Å². The molecule has 3 heterocycles. The fraction of sp³-hybridized carbons (Fsp3) is 0.261. The maximum atomic E-state index is 12.9. The van der Waals surface area contributed by atoms with Gasteiger partial charge in [0.15, 0.2) is 0 Å². The molecule has 0 saturated carbocycles. The minimum atomic E-state index is -0.498. The second-order valence-corrected chi connectivity index (χ2v) is 7.77. The summed E-state index contributed by atoms with van der Waals surface area (Å²) in [5.74, 6) is -0.174. The summed E-state index contributed by atoms with van der Waals surface area (Å²) in [6.45, 7) is 0.836. The molecule has 0 spiro atoms. The summed E-state index contributed by atoms with van der Waals surface area (Å²) in [6, 6.07) is 16.5. The fourth-order valence-corrected chi connectivity index (χ4v) is 4.14. The Morgan fingerprint density at radius 3 is 2.65 bits per heavy atom. The predicted molar refractivity (Wildman–Crippen MR) is 114 cm³/mol. The molecule has 158 valence electrons. The van der Waals surface area contributed by atoms with Crippen molar-refractivity contribution >= 4 is 17.6 Å². The fourth-order valence-electron chi connectivity index (χ4n) is 4.14. The lowest BCUT2D eigenvalue weighted by Gasteiger charge is -2.29. The molecule has 8 heteroatoms. The molecule has 8 nitrogen and oxygen atoms in total. The molecule has 0 radical (unpaired) electrons. The van der Waals surface area contributed by atoms with E-state index in [-0.39, 0.29) is 18.0 Å². The minimum absolute atomic E-state index is 0.0188. The Balaban J connectivity index is 1.21. The average molecular weight is 417 g/mol. The molecule has 0 aliphatic carbocycles. The first-order chi connectivity index (χ1) is 15.2. The number of anilines is 1. The van der Waals surface area contributed by atoms with Gasteiger partial charge >= 0.3 is 6.03 Å². The van der Waals surface area contributed by atoms with Gasteiger partial charge in [-0.2, -0.15) is 5.06 Å². The van der Waals surface area contributed by atoms with E-state index in [9.17, 15) is 9.59 Å². The van der Waals surface area contributed by atoms with E-state index in [2.05, 4.69) is 10.3 Å². The molecule has 2 saturated heterocycles. The van der Waals surface area contributed by atoms with E-state index in [1.54, 1.807) is 17.4 Å². The number of carbonyl (C=O) groups is 2. The van der Waals surface area contributed by atoms with Crippen LogP contribution in [0.15, 0.2) is 73.3 Å². The van der Waals surface area contributed by atoms with Crippen LogP contribution in [0.25, 0.3) is 5.69 Å². The van der Waals surface area contributed by atoms with Crippen molar-refractivity contribution in [2.45, 2.75) is 31.5 Å². The second kappa shape index (κ2) is 8.23. The second-order valence-electron chi connectivity index (χ2n) is 7.77. The molecule has 2 atom stereocenters. The number of nitrogens with one attached hydrogen (secondary N) is 1. The van der Waals surface area contributed by atoms with Gasteiger partial charge in [0, 0.05) is 30.3 Å². The van der Waals surface area contributed by atoms with Crippen LogP contribution in [0.1, 0.15) is 18.4 Å². The minimum Gasteiger partial charge on any atom is -0.324 e. The Morgan fingerprint density at radius 2 is 1.90 bits per heavy atom. The average Bonchev–Trinajstić information content (AvgIpc) is 3.42. The van der Waals surface area contributed by atoms with Crippen LogP contribution in [-0.4, -0.2) is 50.1 Å². The van der Waals surface area contributed by atoms with Gasteiger partial charge < -0.3 is 14.8 Å². The SMILES string of the molecule is O=C(Nc1ccc(-n2ccnc2)cc1)[C@@H]1CC[C@H]2CN1C(=O)N2OCc1ccccc1. The summed E-state index contributed by atoms with van der Waals surface area (Å²) in [5.41, 5.74) is 2.65. The summed E-state index contributed by atoms with van der Waals surface area (Å²) in [6.07, 6.45) is 6.63. The Labute approximate surface area is 180 Å². The first kappa shape index (κ1) is 19.3. The summed E-state index contributed by atoms with van der Waals surface area (Å²) in [4.78, 5) is 37.3. The number of hydroxylamine groups is 2. The molecule has 2 aliphatic heterocycles. The topological polar surface area (TPSA) is 79.7 Å². The first-order valence-electron chi connectivity index (χ1n) is 10.3. The van der Waals surface area contributed by atoms with Crippen molar-refractivity contribution in [3.05, 3.63) is 78.9 Å². The highest BCUT2D eigenvalue weighted by Gasteiger charge is 2.47. The van der Waals surface area contributed by atoms with Gasteiger partial charge in [-0.15, -0.1) is 0 Å². The van der Waals surface area contributed by atoms with E-state index < -0.39 is 6.04 Å².